The van der Waals surface area contributed by atoms with Crippen LogP contribution >= 0.6 is 12.2 Å². The van der Waals surface area contributed by atoms with Crippen LogP contribution < -0.4 is 5.32 Å². The highest BCUT2D eigenvalue weighted by Crippen LogP contribution is 2.42. The van der Waals surface area contributed by atoms with E-state index in [9.17, 15) is 0 Å². The van der Waals surface area contributed by atoms with E-state index >= 15 is 0 Å². The summed E-state index contributed by atoms with van der Waals surface area (Å²) < 4.78 is 2.36. The van der Waals surface area contributed by atoms with Gasteiger partial charge in [0, 0.05) is 42.2 Å². The number of hydrogen-bond acceptors (Lipinski definition) is 3. The summed E-state index contributed by atoms with van der Waals surface area (Å²) in [4.78, 5) is 11.2. The summed E-state index contributed by atoms with van der Waals surface area (Å²) in [6.07, 6.45) is 5.51. The first-order valence-electron chi connectivity index (χ1n) is 11.6. The van der Waals surface area contributed by atoms with Gasteiger partial charge in [0.15, 0.2) is 5.11 Å². The molecule has 0 unspecified atom stereocenters. The molecule has 6 heteroatoms. The highest BCUT2D eigenvalue weighted by atomic mass is 32.1. The van der Waals surface area contributed by atoms with Crippen LogP contribution in [0.1, 0.15) is 51.4 Å². The Labute approximate surface area is 206 Å². The van der Waals surface area contributed by atoms with Crippen molar-refractivity contribution in [3.63, 3.8) is 0 Å². The van der Waals surface area contributed by atoms with Gasteiger partial charge in [-0.25, -0.2) is 0 Å². The smallest absolute Gasteiger partial charge is 0.170 e. The fourth-order valence-electron chi connectivity index (χ4n) is 5.16. The average Bonchev–Trinajstić information content (AvgIpc) is 3.29. The first-order chi connectivity index (χ1) is 16.4. The predicted octanol–water partition coefficient (Wildman–Crippen LogP) is 5.67. The van der Waals surface area contributed by atoms with Gasteiger partial charge in [0.05, 0.1) is 17.8 Å². The van der Waals surface area contributed by atoms with Crippen LogP contribution in [0.15, 0.2) is 73.2 Å². The largest absolute Gasteiger partial charge is 0.352 e. The van der Waals surface area contributed by atoms with Crippen LogP contribution in [0.5, 0.6) is 0 Å². The maximum Gasteiger partial charge on any atom is 0.170 e. The van der Waals surface area contributed by atoms with Crippen molar-refractivity contribution in [2.75, 3.05) is 0 Å². The Bertz CT molecular complexity index is 1310. The Morgan fingerprint density at radius 3 is 2.32 bits per heavy atom. The fourth-order valence-corrected chi connectivity index (χ4v) is 5.47. The molecule has 4 aromatic rings. The van der Waals surface area contributed by atoms with Crippen molar-refractivity contribution < 1.29 is 0 Å². The first kappa shape index (κ1) is 22.3. The average molecular weight is 468 g/mol. The predicted molar refractivity (Wildman–Crippen MR) is 140 cm³/mol. The maximum absolute atomic E-state index is 5.87. The molecule has 3 aromatic heterocycles. The van der Waals surface area contributed by atoms with E-state index in [0.717, 1.165) is 10.8 Å². The molecule has 5 nitrogen and oxygen atoms in total. The van der Waals surface area contributed by atoms with Crippen molar-refractivity contribution in [3.8, 4) is 5.69 Å². The van der Waals surface area contributed by atoms with Gasteiger partial charge in [0.1, 0.15) is 0 Å². The molecule has 1 saturated heterocycles. The third-order valence-corrected chi connectivity index (χ3v) is 6.91. The first-order valence-corrected chi connectivity index (χ1v) is 12.0. The minimum absolute atomic E-state index is 0.0152. The minimum Gasteiger partial charge on any atom is -0.352 e. The van der Waals surface area contributed by atoms with Gasteiger partial charge in [0.25, 0.3) is 0 Å². The molecular formula is C28H29N5S. The number of nitrogens with zero attached hydrogens (tertiary/aromatic N) is 4. The monoisotopic (exact) mass is 467 g/mol. The number of benzene rings is 1. The second-order valence-electron chi connectivity index (χ2n) is 9.12. The van der Waals surface area contributed by atoms with E-state index in [1.807, 2.05) is 42.9 Å². The summed E-state index contributed by atoms with van der Waals surface area (Å²) in [5, 5.41) is 4.32. The molecule has 0 aliphatic carbocycles. The SMILES string of the molecule is Cc1cc(C)cc(-n2c(C)cc([C@@H]3[C@H](c4ccccn4)NC(=S)N3Cc3ccncc3)c2C)c1. The maximum atomic E-state index is 5.87. The van der Waals surface area contributed by atoms with Crippen molar-refractivity contribution in [2.45, 2.75) is 46.3 Å². The topological polar surface area (TPSA) is 46.0 Å². The molecule has 1 fully saturated rings. The fraction of sp³-hybridized carbons (Fsp3) is 0.250. The Balaban J connectivity index is 1.63. The summed E-state index contributed by atoms with van der Waals surface area (Å²) in [7, 11) is 0. The van der Waals surface area contributed by atoms with Gasteiger partial charge in [-0.3, -0.25) is 9.97 Å². The van der Waals surface area contributed by atoms with Gasteiger partial charge in [-0.05, 0) is 105 Å². The summed E-state index contributed by atoms with van der Waals surface area (Å²) in [6, 6.07) is 19.2. The van der Waals surface area contributed by atoms with Crippen LogP contribution in [0.3, 0.4) is 0 Å². The Morgan fingerprint density at radius 1 is 0.912 bits per heavy atom. The lowest BCUT2D eigenvalue weighted by atomic mass is 9.96. The number of aromatic nitrogens is 3. The molecule has 0 spiro atoms. The molecule has 0 amide bonds. The van der Waals surface area contributed by atoms with Gasteiger partial charge in [-0.15, -0.1) is 0 Å². The van der Waals surface area contributed by atoms with Crippen molar-refractivity contribution >= 4 is 17.3 Å². The zero-order chi connectivity index (χ0) is 23.8. The van der Waals surface area contributed by atoms with Crippen molar-refractivity contribution in [3.05, 3.63) is 113 Å². The number of aryl methyl sites for hydroxylation is 3. The second-order valence-corrected chi connectivity index (χ2v) is 9.50. The third kappa shape index (κ3) is 4.10. The molecule has 34 heavy (non-hydrogen) atoms. The van der Waals surface area contributed by atoms with Gasteiger partial charge < -0.3 is 14.8 Å². The second kappa shape index (κ2) is 9.03. The molecule has 2 atom stereocenters. The van der Waals surface area contributed by atoms with Crippen molar-refractivity contribution in [1.82, 2.24) is 24.8 Å². The van der Waals surface area contributed by atoms with Crippen LogP contribution in [0.25, 0.3) is 5.69 Å². The van der Waals surface area contributed by atoms with E-state index in [-0.39, 0.29) is 12.1 Å². The van der Waals surface area contributed by atoms with Crippen LogP contribution in [0, 0.1) is 27.7 Å². The molecule has 0 bridgehead atoms. The molecule has 1 aliphatic heterocycles. The molecule has 0 radical (unpaired) electrons. The highest BCUT2D eigenvalue weighted by molar-refractivity contribution is 7.80. The molecular weight excluding hydrogens is 438 g/mol. The lowest BCUT2D eigenvalue weighted by Gasteiger charge is -2.28. The lowest BCUT2D eigenvalue weighted by Crippen LogP contribution is -2.29. The van der Waals surface area contributed by atoms with E-state index in [1.54, 1.807) is 0 Å². The van der Waals surface area contributed by atoms with Crippen LogP contribution in [0.2, 0.25) is 0 Å². The van der Waals surface area contributed by atoms with Gasteiger partial charge in [-0.2, -0.15) is 0 Å². The lowest BCUT2D eigenvalue weighted by molar-refractivity contribution is 0.310. The molecule has 5 rings (SSSR count). The number of rotatable bonds is 5. The molecule has 1 N–H and O–H groups in total. The zero-order valence-electron chi connectivity index (χ0n) is 20.0. The molecule has 1 aromatic carbocycles. The highest BCUT2D eigenvalue weighted by Gasteiger charge is 2.41. The Morgan fingerprint density at radius 2 is 1.65 bits per heavy atom. The molecule has 4 heterocycles. The summed E-state index contributed by atoms with van der Waals surface area (Å²) in [5.41, 5.74) is 9.57. The van der Waals surface area contributed by atoms with E-state index in [0.29, 0.717) is 6.54 Å². The zero-order valence-corrected chi connectivity index (χ0v) is 20.8. The minimum atomic E-state index is -0.0382. The normalized spacial score (nSPS) is 17.8. The quantitative estimate of drug-likeness (QED) is 0.383. The number of nitrogens with one attached hydrogen (secondary N) is 1. The van der Waals surface area contributed by atoms with Gasteiger partial charge >= 0.3 is 0 Å². The van der Waals surface area contributed by atoms with E-state index in [2.05, 4.69) is 82.8 Å². The van der Waals surface area contributed by atoms with Crippen molar-refractivity contribution in [2.24, 2.45) is 0 Å². The number of thiocarbonyl (C=S) groups is 1. The number of hydrogen-bond donors (Lipinski definition) is 1. The van der Waals surface area contributed by atoms with E-state index in [1.165, 1.54) is 39.3 Å². The van der Waals surface area contributed by atoms with Crippen LogP contribution in [-0.2, 0) is 6.54 Å². The van der Waals surface area contributed by atoms with Crippen LogP contribution in [-0.4, -0.2) is 24.5 Å². The van der Waals surface area contributed by atoms with E-state index < -0.39 is 0 Å². The molecule has 172 valence electrons. The van der Waals surface area contributed by atoms with Gasteiger partial charge in [0.2, 0.25) is 0 Å². The Hall–Kier alpha value is -3.51. The van der Waals surface area contributed by atoms with E-state index in [4.69, 9.17) is 12.2 Å². The Kier molecular flexibility index (Phi) is 5.92. The van der Waals surface area contributed by atoms with Crippen LogP contribution in [0.4, 0.5) is 0 Å². The van der Waals surface area contributed by atoms with Gasteiger partial charge in [-0.1, -0.05) is 12.1 Å². The number of pyridine rings is 2. The standard InChI is InChI=1S/C28H29N5S/c1-18-13-19(2)15-23(14-18)33-20(3)16-24(21(33)4)27-26(25-7-5-6-10-30-25)31-28(34)32(27)17-22-8-11-29-12-9-22/h5-16,26-27H,17H2,1-4H3,(H,31,34)/t26-,27+/m0/s1. The summed E-state index contributed by atoms with van der Waals surface area (Å²) in [6.45, 7) is 9.39. The summed E-state index contributed by atoms with van der Waals surface area (Å²) >= 11 is 5.87. The third-order valence-electron chi connectivity index (χ3n) is 6.55. The molecule has 1 aliphatic rings. The molecule has 0 saturated carbocycles. The summed E-state index contributed by atoms with van der Waals surface area (Å²) in [5.74, 6) is 0. The van der Waals surface area contributed by atoms with Crippen molar-refractivity contribution in [1.29, 1.82) is 0 Å².